The summed E-state index contributed by atoms with van der Waals surface area (Å²) in [6.07, 6.45) is -0.756. The molecule has 0 saturated carbocycles. The third-order valence-corrected chi connectivity index (χ3v) is 2.82. The lowest BCUT2D eigenvalue weighted by molar-refractivity contribution is -0.0293. The summed E-state index contributed by atoms with van der Waals surface area (Å²) in [5.41, 5.74) is -1.39. The van der Waals surface area contributed by atoms with Gasteiger partial charge in [-0.3, -0.25) is 0 Å². The average Bonchev–Trinajstić information content (AvgIpc) is 2.87. The smallest absolute Gasteiger partial charge is 0.428 e. The van der Waals surface area contributed by atoms with Crippen LogP contribution in [-0.4, -0.2) is 48.7 Å². The van der Waals surface area contributed by atoms with E-state index in [0.29, 0.717) is 0 Å². The van der Waals surface area contributed by atoms with Crippen molar-refractivity contribution in [3.63, 3.8) is 0 Å². The topological polar surface area (TPSA) is 85.9 Å². The molecule has 0 aromatic carbocycles. The van der Waals surface area contributed by atoms with Crippen molar-refractivity contribution in [2.75, 3.05) is 13.1 Å². The van der Waals surface area contributed by atoms with Crippen LogP contribution in [0.25, 0.3) is 0 Å². The van der Waals surface area contributed by atoms with Crippen LogP contribution in [0.3, 0.4) is 0 Å². The van der Waals surface area contributed by atoms with Gasteiger partial charge in [0.15, 0.2) is 0 Å². The lowest BCUT2D eigenvalue weighted by Gasteiger charge is -2.20. The Balaban J connectivity index is 0.000000279. The first-order chi connectivity index (χ1) is 9.94. The number of fused-ring (bicyclic) bond motifs is 2. The van der Waals surface area contributed by atoms with Gasteiger partial charge in [0.2, 0.25) is 0 Å². The zero-order valence-electron chi connectivity index (χ0n) is 14.3. The molecule has 128 valence electrons. The predicted molar refractivity (Wildman–Crippen MR) is 81.8 cm³/mol. The zero-order valence-corrected chi connectivity index (χ0v) is 14.3. The van der Waals surface area contributed by atoms with Crippen molar-refractivity contribution >= 4 is 12.3 Å². The molecule has 2 N–H and O–H groups in total. The van der Waals surface area contributed by atoms with E-state index in [1.54, 1.807) is 41.5 Å². The zero-order chi connectivity index (χ0) is 17.0. The Kier molecular flexibility index (Phi) is 6.19. The van der Waals surface area contributed by atoms with E-state index in [1.807, 2.05) is 0 Å². The second kappa shape index (κ2) is 7.28. The van der Waals surface area contributed by atoms with Crippen molar-refractivity contribution in [2.45, 2.75) is 71.2 Å². The standard InChI is InChI=1S/C10H18O5.C5H10N2/c1-9(2,3)14-7(11)13-8(12)15-10(4,5)6;1-4-2-6-5(1)3-7-4/h1-6H3;4-7H,1-3H2. The van der Waals surface area contributed by atoms with E-state index in [4.69, 9.17) is 9.47 Å². The summed E-state index contributed by atoms with van der Waals surface area (Å²) < 4.78 is 13.8. The van der Waals surface area contributed by atoms with E-state index in [0.717, 1.165) is 12.1 Å². The maximum Gasteiger partial charge on any atom is 0.519 e. The lowest BCUT2D eigenvalue weighted by atomic mass is 10.2. The van der Waals surface area contributed by atoms with Crippen LogP contribution in [0.2, 0.25) is 0 Å². The Morgan fingerprint density at radius 1 is 0.818 bits per heavy atom. The molecule has 0 aromatic heterocycles. The number of nitrogens with one attached hydrogen (secondary N) is 2. The lowest BCUT2D eigenvalue weighted by Crippen LogP contribution is -2.39. The highest BCUT2D eigenvalue weighted by Crippen LogP contribution is 2.12. The minimum Gasteiger partial charge on any atom is -0.428 e. The van der Waals surface area contributed by atoms with E-state index in [9.17, 15) is 9.59 Å². The number of hydrogen-bond acceptors (Lipinski definition) is 7. The summed E-state index contributed by atoms with van der Waals surface area (Å²) in [6.45, 7) is 12.4. The first kappa shape index (κ1) is 18.7. The first-order valence-electron chi connectivity index (χ1n) is 7.55. The van der Waals surface area contributed by atoms with Gasteiger partial charge in [-0.25, -0.2) is 9.59 Å². The van der Waals surface area contributed by atoms with Crippen LogP contribution in [0.1, 0.15) is 48.0 Å². The van der Waals surface area contributed by atoms with Crippen molar-refractivity contribution in [2.24, 2.45) is 0 Å². The Bertz CT molecular complexity index is 354. The molecule has 2 heterocycles. The van der Waals surface area contributed by atoms with Crippen LogP contribution in [-0.2, 0) is 14.2 Å². The Labute approximate surface area is 132 Å². The molecular formula is C15H28N2O5. The molecule has 0 amide bonds. The number of ether oxygens (including phenoxy) is 3. The van der Waals surface area contributed by atoms with Crippen molar-refractivity contribution in [1.82, 2.24) is 10.6 Å². The number of piperazine rings is 1. The van der Waals surface area contributed by atoms with Crippen molar-refractivity contribution in [3.05, 3.63) is 0 Å². The van der Waals surface area contributed by atoms with E-state index in [1.165, 1.54) is 19.5 Å². The molecule has 0 radical (unpaired) electrons. The highest BCUT2D eigenvalue weighted by atomic mass is 16.8. The third-order valence-electron chi connectivity index (χ3n) is 2.82. The minimum atomic E-state index is -1.06. The number of rotatable bonds is 0. The molecule has 0 spiro atoms. The molecule has 2 fully saturated rings. The van der Waals surface area contributed by atoms with Gasteiger partial charge >= 0.3 is 12.3 Å². The summed E-state index contributed by atoms with van der Waals surface area (Å²) in [4.78, 5) is 22.0. The fraction of sp³-hybridized carbons (Fsp3) is 0.867. The molecule has 2 rings (SSSR count). The monoisotopic (exact) mass is 316 g/mol. The highest BCUT2D eigenvalue weighted by Gasteiger charge is 2.29. The van der Waals surface area contributed by atoms with E-state index in [-0.39, 0.29) is 0 Å². The molecule has 2 saturated heterocycles. The Morgan fingerprint density at radius 3 is 1.36 bits per heavy atom. The van der Waals surface area contributed by atoms with Crippen LogP contribution < -0.4 is 10.6 Å². The van der Waals surface area contributed by atoms with Crippen molar-refractivity contribution < 1.29 is 23.8 Å². The molecule has 7 nitrogen and oxygen atoms in total. The maximum atomic E-state index is 11.0. The van der Waals surface area contributed by atoms with Crippen LogP contribution in [0.4, 0.5) is 9.59 Å². The van der Waals surface area contributed by atoms with Gasteiger partial charge in [-0.05, 0) is 48.0 Å². The molecule has 7 heteroatoms. The summed E-state index contributed by atoms with van der Waals surface area (Å²) in [6, 6.07) is 1.62. The average molecular weight is 316 g/mol. The molecule has 2 bridgehead atoms. The van der Waals surface area contributed by atoms with Gasteiger partial charge in [0.05, 0.1) is 0 Å². The molecule has 2 unspecified atom stereocenters. The third kappa shape index (κ3) is 8.19. The van der Waals surface area contributed by atoms with Crippen LogP contribution in [0.15, 0.2) is 0 Å². The SMILES string of the molecule is C1NC2CNC1C2.CC(C)(C)OC(=O)OC(=O)OC(C)(C)C. The van der Waals surface area contributed by atoms with Gasteiger partial charge in [-0.15, -0.1) is 0 Å². The summed E-state index contributed by atoms with van der Waals surface area (Å²) in [7, 11) is 0. The largest absolute Gasteiger partial charge is 0.519 e. The second-order valence-corrected chi connectivity index (χ2v) is 7.48. The molecular weight excluding hydrogens is 288 g/mol. The van der Waals surface area contributed by atoms with Crippen molar-refractivity contribution in [1.29, 1.82) is 0 Å². The summed E-state index contributed by atoms with van der Waals surface area (Å²) >= 11 is 0. The molecule has 2 atom stereocenters. The molecule has 2 aliphatic rings. The van der Waals surface area contributed by atoms with Crippen LogP contribution in [0, 0.1) is 0 Å². The fourth-order valence-electron chi connectivity index (χ4n) is 2.05. The summed E-state index contributed by atoms with van der Waals surface area (Å²) in [5, 5.41) is 6.79. The van der Waals surface area contributed by atoms with Gasteiger partial charge in [-0.2, -0.15) is 0 Å². The normalized spacial score (nSPS) is 23.4. The Hall–Kier alpha value is -1.34. The fourth-order valence-corrected chi connectivity index (χ4v) is 2.05. The minimum absolute atomic E-state index is 0.695. The summed E-state index contributed by atoms with van der Waals surface area (Å²) in [5.74, 6) is 0. The number of carbonyl (C=O) groups is 2. The number of hydrogen-bond donors (Lipinski definition) is 2. The quantitative estimate of drug-likeness (QED) is 0.523. The maximum absolute atomic E-state index is 11.0. The Morgan fingerprint density at radius 2 is 1.18 bits per heavy atom. The molecule has 0 aliphatic carbocycles. The van der Waals surface area contributed by atoms with E-state index in [2.05, 4.69) is 15.4 Å². The number of carbonyl (C=O) groups excluding carboxylic acids is 2. The van der Waals surface area contributed by atoms with Crippen molar-refractivity contribution in [3.8, 4) is 0 Å². The molecule has 0 aromatic rings. The van der Waals surface area contributed by atoms with Crippen LogP contribution >= 0.6 is 0 Å². The van der Waals surface area contributed by atoms with Gasteiger partial charge in [-0.1, -0.05) is 0 Å². The molecule has 2 aliphatic heterocycles. The van der Waals surface area contributed by atoms with E-state index >= 15 is 0 Å². The van der Waals surface area contributed by atoms with E-state index < -0.39 is 23.5 Å². The van der Waals surface area contributed by atoms with Gasteiger partial charge < -0.3 is 24.8 Å². The predicted octanol–water partition coefficient (Wildman–Crippen LogP) is 2.19. The second-order valence-electron chi connectivity index (χ2n) is 7.48. The van der Waals surface area contributed by atoms with Gasteiger partial charge in [0.1, 0.15) is 11.2 Å². The van der Waals surface area contributed by atoms with Gasteiger partial charge in [0, 0.05) is 25.2 Å². The molecule has 22 heavy (non-hydrogen) atoms. The van der Waals surface area contributed by atoms with Crippen LogP contribution in [0.5, 0.6) is 0 Å². The van der Waals surface area contributed by atoms with Gasteiger partial charge in [0.25, 0.3) is 0 Å². The highest BCUT2D eigenvalue weighted by molar-refractivity contribution is 5.77. The first-order valence-corrected chi connectivity index (χ1v) is 7.55.